The minimum atomic E-state index is -4.86. The molecule has 2 N–H and O–H groups in total. The van der Waals surface area contributed by atoms with Gasteiger partial charge < -0.3 is 19.6 Å². The van der Waals surface area contributed by atoms with Gasteiger partial charge in [0.15, 0.2) is 5.60 Å². The summed E-state index contributed by atoms with van der Waals surface area (Å²) in [6, 6.07) is 6.59. The molecule has 1 aromatic carbocycles. The molecule has 0 spiro atoms. The van der Waals surface area contributed by atoms with Gasteiger partial charge in [-0.15, -0.1) is 0 Å². The molecule has 1 atom stereocenters. The van der Waals surface area contributed by atoms with E-state index in [1.165, 1.54) is 13.3 Å². The van der Waals surface area contributed by atoms with E-state index in [2.05, 4.69) is 9.97 Å². The third-order valence-electron chi connectivity index (χ3n) is 5.97. The fourth-order valence-electron chi connectivity index (χ4n) is 4.45. The van der Waals surface area contributed by atoms with Crippen molar-refractivity contribution in [3.05, 3.63) is 52.3 Å². The second kappa shape index (κ2) is 7.85. The lowest BCUT2D eigenvalue weighted by Crippen LogP contribution is -2.51. The van der Waals surface area contributed by atoms with Crippen molar-refractivity contribution < 1.29 is 27.8 Å². The van der Waals surface area contributed by atoms with Gasteiger partial charge in [-0.1, -0.05) is 25.4 Å². The number of benzene rings is 1. The first-order chi connectivity index (χ1) is 14.9. The molecule has 0 fully saturated rings. The number of aromatic nitrogens is 2. The van der Waals surface area contributed by atoms with Crippen LogP contribution in [0.5, 0.6) is 11.6 Å². The summed E-state index contributed by atoms with van der Waals surface area (Å²) < 4.78 is 53.4. The van der Waals surface area contributed by atoms with Crippen LogP contribution in [-0.4, -0.2) is 40.6 Å². The van der Waals surface area contributed by atoms with E-state index in [0.717, 1.165) is 5.56 Å². The summed E-state index contributed by atoms with van der Waals surface area (Å²) in [4.78, 5) is 6.99. The predicted molar refractivity (Wildman–Crippen MR) is 116 cm³/mol. The molecular formula is C23H24ClF3N2O3. The third-order valence-corrected chi connectivity index (χ3v) is 6.19. The Labute approximate surface area is 188 Å². The largest absolute Gasteiger partial charge is 0.493 e. The van der Waals surface area contributed by atoms with Crippen LogP contribution < -0.4 is 9.47 Å². The van der Waals surface area contributed by atoms with Gasteiger partial charge in [-0.25, -0.2) is 4.98 Å². The molecule has 32 heavy (non-hydrogen) atoms. The number of hydrogen-bond donors (Lipinski definition) is 2. The molecule has 0 saturated heterocycles. The maximum absolute atomic E-state index is 14.2. The highest BCUT2D eigenvalue weighted by atomic mass is 35.5. The Balaban J connectivity index is 1.70. The summed E-state index contributed by atoms with van der Waals surface area (Å²) in [6.07, 6.45) is -3.94. The molecule has 0 aliphatic carbocycles. The lowest BCUT2D eigenvalue weighted by molar-refractivity contribution is -0.266. The smallest absolute Gasteiger partial charge is 0.417 e. The highest BCUT2D eigenvalue weighted by Gasteiger charge is 2.56. The number of nitrogens with zero attached hydrogens (tertiary/aromatic N) is 1. The molecule has 0 saturated carbocycles. The topological polar surface area (TPSA) is 67.4 Å². The van der Waals surface area contributed by atoms with Crippen LogP contribution in [0.1, 0.15) is 37.1 Å². The molecular weight excluding hydrogens is 445 g/mol. The van der Waals surface area contributed by atoms with Gasteiger partial charge in [-0.3, -0.25) is 0 Å². The summed E-state index contributed by atoms with van der Waals surface area (Å²) in [5, 5.41) is 12.1. The number of halogens is 4. The van der Waals surface area contributed by atoms with Gasteiger partial charge in [-0.05, 0) is 35.6 Å². The lowest BCUT2D eigenvalue weighted by Gasteiger charge is -2.38. The maximum Gasteiger partial charge on any atom is 0.417 e. The van der Waals surface area contributed by atoms with Crippen LogP contribution in [0.4, 0.5) is 13.2 Å². The molecule has 172 valence electrons. The average Bonchev–Trinajstić information content (AvgIpc) is 3.30. The highest BCUT2D eigenvalue weighted by Crippen LogP contribution is 2.47. The number of alkyl halides is 3. The van der Waals surface area contributed by atoms with E-state index < -0.39 is 30.0 Å². The van der Waals surface area contributed by atoms with E-state index in [-0.39, 0.29) is 5.69 Å². The normalized spacial score (nSPS) is 16.0. The summed E-state index contributed by atoms with van der Waals surface area (Å²) in [5.41, 5.74) is -1.81. The Bertz CT molecular complexity index is 1160. The summed E-state index contributed by atoms with van der Waals surface area (Å²) >= 11 is 6.23. The van der Waals surface area contributed by atoms with Crippen molar-refractivity contribution in [2.24, 2.45) is 0 Å². The molecule has 4 rings (SSSR count). The molecule has 3 heterocycles. The van der Waals surface area contributed by atoms with Crippen LogP contribution in [0.2, 0.25) is 5.02 Å². The van der Waals surface area contributed by atoms with Crippen molar-refractivity contribution in [1.29, 1.82) is 0 Å². The molecule has 1 aliphatic heterocycles. The molecule has 1 aliphatic rings. The molecule has 9 heteroatoms. The maximum atomic E-state index is 14.2. The summed E-state index contributed by atoms with van der Waals surface area (Å²) in [6.45, 7) is 3.78. The van der Waals surface area contributed by atoms with Gasteiger partial charge in [-0.2, -0.15) is 13.2 Å². The highest BCUT2D eigenvalue weighted by molar-refractivity contribution is 6.30. The molecule has 0 radical (unpaired) electrons. The Hall–Kier alpha value is -2.45. The van der Waals surface area contributed by atoms with Crippen LogP contribution in [0.25, 0.3) is 10.9 Å². The number of H-pyrrole nitrogens is 1. The fourth-order valence-corrected chi connectivity index (χ4v) is 4.70. The van der Waals surface area contributed by atoms with Gasteiger partial charge >= 0.3 is 6.18 Å². The molecule has 0 amide bonds. The zero-order valence-electron chi connectivity index (χ0n) is 17.9. The van der Waals surface area contributed by atoms with Crippen LogP contribution in [0, 0.1) is 0 Å². The number of methoxy groups -OCH3 is 1. The minimum absolute atomic E-state index is 0.248. The number of pyridine rings is 1. The number of aromatic amines is 1. The first kappa shape index (κ1) is 22.7. The number of nitrogens with one attached hydrogen (secondary N) is 1. The van der Waals surface area contributed by atoms with Crippen LogP contribution in [0.3, 0.4) is 0 Å². The fraction of sp³-hybridized carbons (Fsp3) is 0.435. The summed E-state index contributed by atoms with van der Waals surface area (Å²) in [5.74, 6) is 0.915. The molecule has 2 aromatic heterocycles. The van der Waals surface area contributed by atoms with Gasteiger partial charge in [0, 0.05) is 40.6 Å². The van der Waals surface area contributed by atoms with E-state index >= 15 is 0 Å². The van der Waals surface area contributed by atoms with Crippen molar-refractivity contribution in [2.45, 2.75) is 50.3 Å². The van der Waals surface area contributed by atoms with Crippen LogP contribution in [0.15, 0.2) is 30.5 Å². The zero-order valence-corrected chi connectivity index (χ0v) is 18.7. The molecule has 1 unspecified atom stereocenters. The Kier molecular flexibility index (Phi) is 5.57. The van der Waals surface area contributed by atoms with Crippen molar-refractivity contribution in [3.63, 3.8) is 0 Å². The number of ether oxygens (including phenoxy) is 2. The van der Waals surface area contributed by atoms with Gasteiger partial charge in [0.25, 0.3) is 0 Å². The van der Waals surface area contributed by atoms with Gasteiger partial charge in [0.1, 0.15) is 5.75 Å². The van der Waals surface area contributed by atoms with Crippen molar-refractivity contribution in [3.8, 4) is 11.6 Å². The number of hydrogen-bond acceptors (Lipinski definition) is 4. The van der Waals surface area contributed by atoms with Crippen LogP contribution in [-0.2, 0) is 18.3 Å². The lowest BCUT2D eigenvalue weighted by atomic mass is 9.73. The molecule has 3 aromatic rings. The SMILES string of the molecule is COc1cc2cc(CC(O)(CC(C)(C)c3cc(Cl)cc4c3OCC4)C(F)(F)F)[nH]c2cn1. The zero-order chi connectivity index (χ0) is 23.3. The van der Waals surface area contributed by atoms with Crippen molar-refractivity contribution in [2.75, 3.05) is 13.7 Å². The van der Waals surface area contributed by atoms with E-state index in [4.69, 9.17) is 21.1 Å². The Morgan fingerprint density at radius 2 is 1.97 bits per heavy atom. The first-order valence-corrected chi connectivity index (χ1v) is 10.6. The molecule has 0 bridgehead atoms. The monoisotopic (exact) mass is 468 g/mol. The first-order valence-electron chi connectivity index (χ1n) is 10.2. The number of aliphatic hydroxyl groups is 1. The van der Waals surface area contributed by atoms with E-state index in [9.17, 15) is 18.3 Å². The average molecular weight is 469 g/mol. The minimum Gasteiger partial charge on any atom is -0.493 e. The Morgan fingerprint density at radius 1 is 1.22 bits per heavy atom. The van der Waals surface area contributed by atoms with Crippen LogP contribution >= 0.6 is 11.6 Å². The number of rotatable bonds is 6. The predicted octanol–water partition coefficient (Wildman–Crippen LogP) is 5.36. The van der Waals surface area contributed by atoms with Crippen molar-refractivity contribution in [1.82, 2.24) is 9.97 Å². The Morgan fingerprint density at radius 3 is 2.66 bits per heavy atom. The quantitative estimate of drug-likeness (QED) is 0.511. The van der Waals surface area contributed by atoms with E-state index in [1.54, 1.807) is 38.1 Å². The van der Waals surface area contributed by atoms with Crippen molar-refractivity contribution >= 4 is 22.5 Å². The van der Waals surface area contributed by atoms with E-state index in [1.807, 2.05) is 0 Å². The number of fused-ring (bicyclic) bond motifs is 2. The standard InChI is InChI=1S/C23H24ClF3N2O3/c1-21(2,17-9-15(24)6-13-4-5-32-20(13)17)12-22(30,23(25,26)27)10-16-7-14-8-19(31-3)28-11-18(14)29-16/h6-9,11,29-30H,4-5,10,12H2,1-3H3. The second-order valence-corrected chi connectivity index (χ2v) is 9.35. The van der Waals surface area contributed by atoms with Gasteiger partial charge in [0.05, 0.1) is 25.4 Å². The molecule has 5 nitrogen and oxygen atoms in total. The van der Waals surface area contributed by atoms with E-state index in [0.29, 0.717) is 46.1 Å². The van der Waals surface area contributed by atoms with Gasteiger partial charge in [0.2, 0.25) is 5.88 Å². The third kappa shape index (κ3) is 4.13. The summed E-state index contributed by atoms with van der Waals surface area (Å²) in [7, 11) is 1.46. The second-order valence-electron chi connectivity index (χ2n) is 8.92.